The van der Waals surface area contributed by atoms with Gasteiger partial charge < -0.3 is 9.73 Å². The molecule has 4 rings (SSSR count). The van der Waals surface area contributed by atoms with Crippen molar-refractivity contribution in [1.29, 1.82) is 0 Å². The summed E-state index contributed by atoms with van der Waals surface area (Å²) in [5.74, 6) is -0.509. The molecule has 0 aliphatic carbocycles. The van der Waals surface area contributed by atoms with Crippen molar-refractivity contribution in [3.63, 3.8) is 0 Å². The summed E-state index contributed by atoms with van der Waals surface area (Å²) in [6.45, 7) is 2.79. The summed E-state index contributed by atoms with van der Waals surface area (Å²) in [5.41, 5.74) is 2.39. The highest BCUT2D eigenvalue weighted by atomic mass is 35.5. The lowest BCUT2D eigenvalue weighted by atomic mass is 10.2. The van der Waals surface area contributed by atoms with Gasteiger partial charge in [0.05, 0.1) is 15.9 Å². The lowest BCUT2D eigenvalue weighted by Gasteiger charge is -2.11. The molecule has 156 valence electrons. The first kappa shape index (κ1) is 20.4. The lowest BCUT2D eigenvalue weighted by molar-refractivity contribution is 0.512. The van der Waals surface area contributed by atoms with Gasteiger partial charge in [0.1, 0.15) is 0 Å². The molecule has 10 heteroatoms. The van der Waals surface area contributed by atoms with Gasteiger partial charge in [0.2, 0.25) is 10.0 Å². The average Bonchev–Trinajstić information content (AvgIpc) is 3.05. The zero-order valence-corrected chi connectivity index (χ0v) is 17.6. The number of anilines is 1. The van der Waals surface area contributed by atoms with Gasteiger partial charge >= 0.3 is 5.76 Å². The Morgan fingerprint density at radius 1 is 1.13 bits per heavy atom. The summed E-state index contributed by atoms with van der Waals surface area (Å²) in [4.78, 5) is 16.1. The van der Waals surface area contributed by atoms with Crippen LogP contribution < -0.4 is 15.8 Å². The molecule has 0 saturated carbocycles. The van der Waals surface area contributed by atoms with Crippen molar-refractivity contribution < 1.29 is 12.8 Å². The summed E-state index contributed by atoms with van der Waals surface area (Å²) in [7, 11) is -3.76. The lowest BCUT2D eigenvalue weighted by Crippen LogP contribution is -2.29. The third kappa shape index (κ3) is 3.91. The maximum Gasteiger partial charge on any atom is 0.419 e. The van der Waals surface area contributed by atoms with Crippen LogP contribution in [-0.2, 0) is 16.6 Å². The Hall–Kier alpha value is -2.88. The molecule has 4 aromatic rings. The van der Waals surface area contributed by atoms with E-state index in [4.69, 9.17) is 16.0 Å². The van der Waals surface area contributed by atoms with E-state index in [1.807, 2.05) is 19.1 Å². The van der Waals surface area contributed by atoms with Crippen LogP contribution in [0.5, 0.6) is 0 Å². The second kappa shape index (κ2) is 8.10. The van der Waals surface area contributed by atoms with Gasteiger partial charge in [-0.3, -0.25) is 9.55 Å². The number of hydrogen-bond donors (Lipinski definition) is 2. The highest BCUT2D eigenvalue weighted by Gasteiger charge is 2.17. The minimum Gasteiger partial charge on any atom is -0.408 e. The first-order valence-corrected chi connectivity index (χ1v) is 11.2. The number of aryl methyl sites for hydroxylation is 1. The van der Waals surface area contributed by atoms with Gasteiger partial charge in [-0.1, -0.05) is 11.6 Å². The minimum atomic E-state index is -3.76. The fourth-order valence-electron chi connectivity index (χ4n) is 3.25. The van der Waals surface area contributed by atoms with E-state index in [-0.39, 0.29) is 17.0 Å². The second-order valence-corrected chi connectivity index (χ2v) is 8.79. The summed E-state index contributed by atoms with van der Waals surface area (Å²) < 4.78 is 34.4. The van der Waals surface area contributed by atoms with E-state index in [1.54, 1.807) is 24.4 Å². The Kier molecular flexibility index (Phi) is 5.50. The Balaban J connectivity index is 1.45. The number of benzene rings is 2. The number of nitrogens with zero attached hydrogens (tertiary/aromatic N) is 2. The Morgan fingerprint density at radius 2 is 1.97 bits per heavy atom. The zero-order chi connectivity index (χ0) is 21.3. The zero-order valence-electron chi connectivity index (χ0n) is 16.1. The number of fused-ring (bicyclic) bond motifs is 2. The predicted octanol–water partition coefficient (Wildman–Crippen LogP) is 3.21. The van der Waals surface area contributed by atoms with Crippen LogP contribution in [0.1, 0.15) is 6.92 Å². The Morgan fingerprint density at radius 3 is 2.77 bits per heavy atom. The van der Waals surface area contributed by atoms with Gasteiger partial charge in [-0.15, -0.1) is 0 Å². The number of halogens is 1. The van der Waals surface area contributed by atoms with Crippen LogP contribution in [0.4, 0.5) is 5.69 Å². The largest absolute Gasteiger partial charge is 0.419 e. The van der Waals surface area contributed by atoms with E-state index in [2.05, 4.69) is 15.0 Å². The van der Waals surface area contributed by atoms with Crippen molar-refractivity contribution >= 4 is 49.3 Å². The molecule has 0 atom stereocenters. The number of aromatic nitrogens is 2. The molecular formula is C20H19ClN4O4S. The molecule has 2 aromatic carbocycles. The molecular weight excluding hydrogens is 428 g/mol. The molecule has 0 bridgehead atoms. The summed E-state index contributed by atoms with van der Waals surface area (Å²) >= 11 is 6.00. The van der Waals surface area contributed by atoms with E-state index in [9.17, 15) is 13.2 Å². The smallest absolute Gasteiger partial charge is 0.408 e. The Bertz CT molecular complexity index is 1400. The van der Waals surface area contributed by atoms with Gasteiger partial charge in [-0.25, -0.2) is 17.9 Å². The van der Waals surface area contributed by atoms with Crippen molar-refractivity contribution in [2.45, 2.75) is 18.4 Å². The number of sulfonamides is 1. The molecule has 0 fully saturated rings. The molecule has 0 aliphatic rings. The first-order chi connectivity index (χ1) is 14.4. The average molecular weight is 447 g/mol. The molecule has 2 N–H and O–H groups in total. The van der Waals surface area contributed by atoms with E-state index < -0.39 is 15.8 Å². The minimum absolute atomic E-state index is 0.0380. The van der Waals surface area contributed by atoms with Crippen LogP contribution in [-0.4, -0.2) is 31.1 Å². The van der Waals surface area contributed by atoms with Crippen LogP contribution in [0.3, 0.4) is 0 Å². The van der Waals surface area contributed by atoms with Crippen LogP contribution in [0, 0.1) is 0 Å². The molecule has 0 radical (unpaired) electrons. The van der Waals surface area contributed by atoms with Crippen LogP contribution in [0.25, 0.3) is 22.0 Å². The van der Waals surface area contributed by atoms with Crippen LogP contribution >= 0.6 is 11.6 Å². The topological polar surface area (TPSA) is 106 Å². The van der Waals surface area contributed by atoms with E-state index in [0.29, 0.717) is 23.6 Å². The van der Waals surface area contributed by atoms with Gasteiger partial charge in [0, 0.05) is 48.0 Å². The SMILES string of the molecule is CCn1c(=O)oc2cc(S(=O)(=O)NCCNc3ccnc4cc(Cl)ccc34)ccc21. The van der Waals surface area contributed by atoms with Gasteiger partial charge in [0.25, 0.3) is 0 Å². The maximum atomic E-state index is 12.6. The van der Waals surface area contributed by atoms with E-state index in [1.165, 1.54) is 16.7 Å². The van der Waals surface area contributed by atoms with E-state index >= 15 is 0 Å². The number of pyridine rings is 1. The molecule has 8 nitrogen and oxygen atoms in total. The van der Waals surface area contributed by atoms with Crippen LogP contribution in [0.15, 0.2) is 62.8 Å². The van der Waals surface area contributed by atoms with E-state index in [0.717, 1.165) is 16.6 Å². The van der Waals surface area contributed by atoms with Crippen LogP contribution in [0.2, 0.25) is 5.02 Å². The number of rotatable bonds is 7. The summed E-state index contributed by atoms with van der Waals surface area (Å²) in [6, 6.07) is 11.6. The monoisotopic (exact) mass is 446 g/mol. The van der Waals surface area contributed by atoms with Crippen molar-refractivity contribution in [3.05, 3.63) is 64.2 Å². The van der Waals surface area contributed by atoms with Crippen molar-refractivity contribution in [2.75, 3.05) is 18.4 Å². The first-order valence-electron chi connectivity index (χ1n) is 9.30. The van der Waals surface area contributed by atoms with Crippen molar-refractivity contribution in [1.82, 2.24) is 14.3 Å². The number of hydrogen-bond acceptors (Lipinski definition) is 6. The molecule has 0 unspecified atom stereocenters. The molecule has 2 aromatic heterocycles. The molecule has 0 spiro atoms. The fourth-order valence-corrected chi connectivity index (χ4v) is 4.47. The van der Waals surface area contributed by atoms with Gasteiger partial charge in [-0.2, -0.15) is 0 Å². The number of nitrogens with one attached hydrogen (secondary N) is 2. The quantitative estimate of drug-likeness (QED) is 0.422. The van der Waals surface area contributed by atoms with Gasteiger partial charge in [-0.05, 0) is 43.3 Å². The number of oxazole rings is 1. The predicted molar refractivity (Wildman–Crippen MR) is 117 cm³/mol. The highest BCUT2D eigenvalue weighted by Crippen LogP contribution is 2.24. The molecule has 0 saturated heterocycles. The molecule has 0 amide bonds. The summed E-state index contributed by atoms with van der Waals surface area (Å²) in [5, 5.41) is 4.70. The van der Waals surface area contributed by atoms with Crippen molar-refractivity contribution in [3.8, 4) is 0 Å². The molecule has 30 heavy (non-hydrogen) atoms. The highest BCUT2D eigenvalue weighted by molar-refractivity contribution is 7.89. The molecule has 0 aliphatic heterocycles. The second-order valence-electron chi connectivity index (χ2n) is 6.59. The molecule has 2 heterocycles. The van der Waals surface area contributed by atoms with Gasteiger partial charge in [0.15, 0.2) is 5.58 Å². The fraction of sp³-hybridized carbons (Fsp3) is 0.200. The standard InChI is InChI=1S/C20H19ClN4O4S/c1-2-25-18-6-4-14(12-19(18)29-20(25)26)30(27,28)24-10-9-23-16-7-8-22-17-11-13(21)3-5-15(16)17/h3-8,11-12,24H,2,9-10H2,1H3,(H,22,23). The normalized spacial score (nSPS) is 11.9. The Labute approximate surface area is 177 Å². The summed E-state index contributed by atoms with van der Waals surface area (Å²) in [6.07, 6.45) is 1.66. The third-order valence-electron chi connectivity index (χ3n) is 4.70. The van der Waals surface area contributed by atoms with Crippen molar-refractivity contribution in [2.24, 2.45) is 0 Å². The third-order valence-corrected chi connectivity index (χ3v) is 6.40. The maximum absolute atomic E-state index is 12.6.